The number of aliphatic hydroxyl groups excluding tert-OH is 1. The van der Waals surface area contributed by atoms with E-state index in [1.807, 2.05) is 11.8 Å². The van der Waals surface area contributed by atoms with Gasteiger partial charge in [0.2, 0.25) is 0 Å². The van der Waals surface area contributed by atoms with Crippen LogP contribution in [0.3, 0.4) is 0 Å². The Bertz CT molecular complexity index is 407. The molecule has 5 nitrogen and oxygen atoms in total. The van der Waals surface area contributed by atoms with Gasteiger partial charge in [-0.3, -0.25) is 4.98 Å². The van der Waals surface area contributed by atoms with Gasteiger partial charge in [0.05, 0.1) is 12.3 Å². The van der Waals surface area contributed by atoms with E-state index in [1.54, 1.807) is 6.07 Å². The number of carboxylic acids is 1. The standard InChI is InChI=1S/C13H20N2O3/c1-3-4-5-15(6-7-16)12-8-10(2)14-9-11(12)13(17)18/h8-9,16H,3-7H2,1-2H3,(H,17,18). The molecule has 0 unspecified atom stereocenters. The van der Waals surface area contributed by atoms with Crippen LogP contribution in [0, 0.1) is 6.92 Å². The number of aryl methyl sites for hydroxylation is 1. The summed E-state index contributed by atoms with van der Waals surface area (Å²) >= 11 is 0. The monoisotopic (exact) mass is 252 g/mol. The molecule has 1 aromatic rings. The molecule has 0 atom stereocenters. The average molecular weight is 252 g/mol. The summed E-state index contributed by atoms with van der Waals surface area (Å²) < 4.78 is 0. The zero-order chi connectivity index (χ0) is 13.5. The molecule has 0 aliphatic heterocycles. The molecule has 0 amide bonds. The lowest BCUT2D eigenvalue weighted by Gasteiger charge is -2.25. The molecular formula is C13H20N2O3. The molecule has 1 heterocycles. The lowest BCUT2D eigenvalue weighted by molar-refractivity contribution is 0.0697. The van der Waals surface area contributed by atoms with Crippen LogP contribution in [0.15, 0.2) is 12.3 Å². The second kappa shape index (κ2) is 6.96. The van der Waals surface area contributed by atoms with E-state index in [0.717, 1.165) is 25.1 Å². The Kier molecular flexibility index (Phi) is 5.58. The highest BCUT2D eigenvalue weighted by molar-refractivity contribution is 5.94. The van der Waals surface area contributed by atoms with Crippen molar-refractivity contribution in [2.45, 2.75) is 26.7 Å². The average Bonchev–Trinajstić information content (AvgIpc) is 2.34. The van der Waals surface area contributed by atoms with Crippen LogP contribution in [0.4, 0.5) is 5.69 Å². The van der Waals surface area contributed by atoms with Gasteiger partial charge in [0.25, 0.3) is 0 Å². The van der Waals surface area contributed by atoms with E-state index < -0.39 is 5.97 Å². The van der Waals surface area contributed by atoms with Gasteiger partial charge in [-0.2, -0.15) is 0 Å². The maximum atomic E-state index is 11.2. The van der Waals surface area contributed by atoms with Gasteiger partial charge in [0.1, 0.15) is 5.56 Å². The van der Waals surface area contributed by atoms with Crippen molar-refractivity contribution in [1.29, 1.82) is 0 Å². The van der Waals surface area contributed by atoms with E-state index in [-0.39, 0.29) is 12.2 Å². The van der Waals surface area contributed by atoms with Gasteiger partial charge >= 0.3 is 5.97 Å². The third-order valence-corrected chi connectivity index (χ3v) is 2.74. The number of carboxylic acid groups (broad SMARTS) is 1. The molecule has 100 valence electrons. The Balaban J connectivity index is 3.07. The third kappa shape index (κ3) is 3.70. The summed E-state index contributed by atoms with van der Waals surface area (Å²) in [5, 5.41) is 18.3. The summed E-state index contributed by atoms with van der Waals surface area (Å²) in [7, 11) is 0. The van der Waals surface area contributed by atoms with Crippen molar-refractivity contribution in [2.75, 3.05) is 24.6 Å². The normalized spacial score (nSPS) is 10.4. The van der Waals surface area contributed by atoms with E-state index in [4.69, 9.17) is 10.2 Å². The van der Waals surface area contributed by atoms with Gasteiger partial charge in [-0.1, -0.05) is 13.3 Å². The second-order valence-corrected chi connectivity index (χ2v) is 4.21. The highest BCUT2D eigenvalue weighted by Crippen LogP contribution is 2.21. The predicted molar refractivity (Wildman–Crippen MR) is 70.1 cm³/mol. The molecule has 5 heteroatoms. The Hall–Kier alpha value is -1.62. The highest BCUT2D eigenvalue weighted by atomic mass is 16.4. The number of rotatable bonds is 7. The molecule has 0 saturated carbocycles. The minimum absolute atomic E-state index is 0.00411. The van der Waals surface area contributed by atoms with Crippen molar-refractivity contribution in [2.24, 2.45) is 0 Å². The first-order valence-electron chi connectivity index (χ1n) is 6.15. The first-order chi connectivity index (χ1) is 8.60. The van der Waals surface area contributed by atoms with Crippen molar-refractivity contribution in [1.82, 2.24) is 4.98 Å². The Morgan fingerprint density at radius 1 is 1.44 bits per heavy atom. The SMILES string of the molecule is CCCCN(CCO)c1cc(C)ncc1C(=O)O. The topological polar surface area (TPSA) is 73.7 Å². The lowest BCUT2D eigenvalue weighted by atomic mass is 10.1. The van der Waals surface area contributed by atoms with Crippen LogP contribution < -0.4 is 4.90 Å². The van der Waals surface area contributed by atoms with E-state index in [2.05, 4.69) is 11.9 Å². The van der Waals surface area contributed by atoms with Crippen molar-refractivity contribution in [3.8, 4) is 0 Å². The quantitative estimate of drug-likeness (QED) is 0.772. The first kappa shape index (κ1) is 14.4. The van der Waals surface area contributed by atoms with Gasteiger partial charge < -0.3 is 15.1 Å². The van der Waals surface area contributed by atoms with E-state index >= 15 is 0 Å². The summed E-state index contributed by atoms with van der Waals surface area (Å²) in [5.74, 6) is -0.989. The maximum Gasteiger partial charge on any atom is 0.339 e. The fraction of sp³-hybridized carbons (Fsp3) is 0.538. The number of aromatic nitrogens is 1. The fourth-order valence-corrected chi connectivity index (χ4v) is 1.79. The van der Waals surface area contributed by atoms with Crippen LogP contribution >= 0.6 is 0 Å². The van der Waals surface area contributed by atoms with Crippen LogP contribution in [0.25, 0.3) is 0 Å². The molecular weight excluding hydrogens is 232 g/mol. The molecule has 18 heavy (non-hydrogen) atoms. The number of carbonyl (C=O) groups is 1. The molecule has 0 aliphatic rings. The van der Waals surface area contributed by atoms with Crippen LogP contribution in [0.5, 0.6) is 0 Å². The number of anilines is 1. The molecule has 0 fully saturated rings. The molecule has 1 rings (SSSR count). The minimum atomic E-state index is -0.989. The van der Waals surface area contributed by atoms with Crippen molar-refractivity contribution in [3.63, 3.8) is 0 Å². The third-order valence-electron chi connectivity index (χ3n) is 2.74. The van der Waals surface area contributed by atoms with Gasteiger partial charge in [-0.25, -0.2) is 4.79 Å². The van der Waals surface area contributed by atoms with Crippen molar-refractivity contribution in [3.05, 3.63) is 23.5 Å². The fourth-order valence-electron chi connectivity index (χ4n) is 1.79. The van der Waals surface area contributed by atoms with Crippen LogP contribution in [0.1, 0.15) is 35.8 Å². The predicted octanol–water partition coefficient (Wildman–Crippen LogP) is 1.69. The number of unbranched alkanes of at least 4 members (excludes halogenated alkanes) is 1. The molecule has 0 aliphatic carbocycles. The largest absolute Gasteiger partial charge is 0.478 e. The Labute approximate surface area is 107 Å². The number of aromatic carboxylic acids is 1. The van der Waals surface area contributed by atoms with Crippen molar-refractivity contribution >= 4 is 11.7 Å². The van der Waals surface area contributed by atoms with Gasteiger partial charge in [-0.05, 0) is 19.4 Å². The van der Waals surface area contributed by atoms with Crippen LogP contribution in [-0.2, 0) is 0 Å². The Morgan fingerprint density at radius 3 is 2.72 bits per heavy atom. The molecule has 0 saturated heterocycles. The number of aliphatic hydroxyl groups is 1. The van der Waals surface area contributed by atoms with E-state index in [1.165, 1.54) is 6.20 Å². The second-order valence-electron chi connectivity index (χ2n) is 4.21. The van der Waals surface area contributed by atoms with E-state index in [0.29, 0.717) is 12.2 Å². The van der Waals surface area contributed by atoms with Crippen molar-refractivity contribution < 1.29 is 15.0 Å². The minimum Gasteiger partial charge on any atom is -0.478 e. The number of nitrogens with zero attached hydrogens (tertiary/aromatic N) is 2. The molecule has 0 aromatic carbocycles. The zero-order valence-corrected chi connectivity index (χ0v) is 10.9. The summed E-state index contributed by atoms with van der Waals surface area (Å²) in [6.07, 6.45) is 3.36. The van der Waals surface area contributed by atoms with Crippen LogP contribution in [0.2, 0.25) is 0 Å². The highest BCUT2D eigenvalue weighted by Gasteiger charge is 2.16. The zero-order valence-electron chi connectivity index (χ0n) is 10.9. The molecule has 0 bridgehead atoms. The number of pyridine rings is 1. The summed E-state index contributed by atoms with van der Waals surface area (Å²) in [6, 6.07) is 1.76. The Morgan fingerprint density at radius 2 is 2.17 bits per heavy atom. The molecule has 2 N–H and O–H groups in total. The van der Waals surface area contributed by atoms with Gasteiger partial charge in [0.15, 0.2) is 0 Å². The first-order valence-corrected chi connectivity index (χ1v) is 6.15. The van der Waals surface area contributed by atoms with Gasteiger partial charge in [0, 0.05) is 25.0 Å². The number of hydrogen-bond donors (Lipinski definition) is 2. The van der Waals surface area contributed by atoms with Crippen LogP contribution in [-0.4, -0.2) is 40.9 Å². The summed E-state index contributed by atoms with van der Waals surface area (Å²) in [5.41, 5.74) is 1.59. The molecule has 0 spiro atoms. The molecule has 1 aromatic heterocycles. The maximum absolute atomic E-state index is 11.2. The van der Waals surface area contributed by atoms with E-state index in [9.17, 15) is 4.79 Å². The smallest absolute Gasteiger partial charge is 0.339 e. The van der Waals surface area contributed by atoms with Gasteiger partial charge in [-0.15, -0.1) is 0 Å². The molecule has 0 radical (unpaired) electrons. The lowest BCUT2D eigenvalue weighted by Crippen LogP contribution is -2.29. The number of hydrogen-bond acceptors (Lipinski definition) is 4. The summed E-state index contributed by atoms with van der Waals surface area (Å²) in [4.78, 5) is 17.1. The summed E-state index contributed by atoms with van der Waals surface area (Å²) in [6.45, 7) is 5.08.